The van der Waals surface area contributed by atoms with Crippen LogP contribution in [0.2, 0.25) is 0 Å². The van der Waals surface area contributed by atoms with Crippen LogP contribution < -0.4 is 0 Å². The number of aliphatic hydroxyl groups is 1. The lowest BCUT2D eigenvalue weighted by atomic mass is 9.82. The van der Waals surface area contributed by atoms with Crippen molar-refractivity contribution in [3.8, 4) is 0 Å². The molecule has 2 rings (SSSR count). The second-order valence-electron chi connectivity index (χ2n) is 5.00. The summed E-state index contributed by atoms with van der Waals surface area (Å²) in [4.78, 5) is 16.3. The van der Waals surface area contributed by atoms with E-state index in [1.807, 2.05) is 27.0 Å². The Kier molecular flexibility index (Phi) is 3.54. The third-order valence-electron chi connectivity index (χ3n) is 3.36. The first-order valence-electron chi connectivity index (χ1n) is 5.98. The summed E-state index contributed by atoms with van der Waals surface area (Å²) in [5.41, 5.74) is 0.829. The Morgan fingerprint density at radius 1 is 1.53 bits per heavy atom. The first-order chi connectivity index (χ1) is 7.97. The number of aryl methyl sites for hydroxylation is 2. The molecule has 1 heterocycles. The van der Waals surface area contributed by atoms with Gasteiger partial charge in [-0.3, -0.25) is 4.79 Å². The second-order valence-corrected chi connectivity index (χ2v) is 6.46. The van der Waals surface area contributed by atoms with E-state index in [1.165, 1.54) is 4.88 Å². The molecule has 1 fully saturated rings. The minimum atomic E-state index is -0.145. The molecule has 1 aliphatic rings. The van der Waals surface area contributed by atoms with Gasteiger partial charge in [0.05, 0.1) is 11.7 Å². The molecule has 1 amide bonds. The Hall–Kier alpha value is -0.870. The number of rotatable bonds is 3. The molecule has 17 heavy (non-hydrogen) atoms. The lowest BCUT2D eigenvalue weighted by molar-refractivity contribution is 0.0265. The van der Waals surface area contributed by atoms with Gasteiger partial charge < -0.3 is 10.0 Å². The predicted molar refractivity (Wildman–Crippen MR) is 69.5 cm³/mol. The van der Waals surface area contributed by atoms with Gasteiger partial charge in [0, 0.05) is 23.3 Å². The van der Waals surface area contributed by atoms with Crippen molar-refractivity contribution in [1.29, 1.82) is 0 Å². The molecule has 0 atom stereocenters. The van der Waals surface area contributed by atoms with Crippen LogP contribution in [-0.4, -0.2) is 35.6 Å². The number of amides is 1. The van der Waals surface area contributed by atoms with Crippen LogP contribution in [-0.2, 0) is 0 Å². The molecular weight excluding hydrogens is 234 g/mol. The summed E-state index contributed by atoms with van der Waals surface area (Å²) < 4.78 is 0. The number of nitrogens with zero attached hydrogens (tertiary/aromatic N) is 1. The van der Waals surface area contributed by atoms with Crippen molar-refractivity contribution < 1.29 is 9.90 Å². The fourth-order valence-electron chi connectivity index (χ4n) is 2.37. The largest absolute Gasteiger partial charge is 0.393 e. The van der Waals surface area contributed by atoms with E-state index < -0.39 is 0 Å². The highest BCUT2D eigenvalue weighted by molar-refractivity contribution is 7.12. The van der Waals surface area contributed by atoms with Crippen molar-refractivity contribution in [3.63, 3.8) is 0 Å². The fourth-order valence-corrected chi connectivity index (χ4v) is 3.28. The van der Waals surface area contributed by atoms with Crippen LogP contribution in [0.3, 0.4) is 0 Å². The van der Waals surface area contributed by atoms with Gasteiger partial charge in [0.25, 0.3) is 5.91 Å². The van der Waals surface area contributed by atoms with E-state index in [2.05, 4.69) is 0 Å². The smallest absolute Gasteiger partial charge is 0.254 e. The molecule has 3 nitrogen and oxygen atoms in total. The average molecular weight is 253 g/mol. The first kappa shape index (κ1) is 12.6. The Bertz CT molecular complexity index is 421. The molecule has 0 aliphatic heterocycles. The summed E-state index contributed by atoms with van der Waals surface area (Å²) in [6, 6.07) is 1.97. The zero-order valence-corrected chi connectivity index (χ0v) is 11.4. The van der Waals surface area contributed by atoms with Crippen molar-refractivity contribution in [2.45, 2.75) is 32.8 Å². The first-order valence-corrected chi connectivity index (χ1v) is 6.79. The van der Waals surface area contributed by atoms with E-state index in [0.29, 0.717) is 5.92 Å². The summed E-state index contributed by atoms with van der Waals surface area (Å²) in [5.74, 6) is 0.576. The summed E-state index contributed by atoms with van der Waals surface area (Å²) in [5, 5.41) is 9.23. The minimum absolute atomic E-state index is 0.105. The van der Waals surface area contributed by atoms with E-state index in [1.54, 1.807) is 16.2 Å². The van der Waals surface area contributed by atoms with Gasteiger partial charge in [0.1, 0.15) is 0 Å². The maximum Gasteiger partial charge on any atom is 0.254 e. The Labute approximate surface area is 106 Å². The van der Waals surface area contributed by atoms with E-state index in [4.69, 9.17) is 0 Å². The van der Waals surface area contributed by atoms with Crippen LogP contribution in [0, 0.1) is 19.8 Å². The van der Waals surface area contributed by atoms with Crippen LogP contribution in [0.5, 0.6) is 0 Å². The van der Waals surface area contributed by atoms with E-state index in [0.717, 1.165) is 29.8 Å². The number of carbonyl (C=O) groups is 1. The molecule has 94 valence electrons. The van der Waals surface area contributed by atoms with E-state index in [9.17, 15) is 9.90 Å². The van der Waals surface area contributed by atoms with Crippen LogP contribution in [0.4, 0.5) is 0 Å². The molecule has 1 N–H and O–H groups in total. The van der Waals surface area contributed by atoms with Gasteiger partial charge in [-0.1, -0.05) is 0 Å². The lowest BCUT2D eigenvalue weighted by Gasteiger charge is -2.34. The molecule has 0 spiro atoms. The maximum atomic E-state index is 12.2. The van der Waals surface area contributed by atoms with Gasteiger partial charge in [-0.2, -0.15) is 0 Å². The maximum absolute atomic E-state index is 12.2. The highest BCUT2D eigenvalue weighted by Crippen LogP contribution is 2.28. The van der Waals surface area contributed by atoms with Gasteiger partial charge in [-0.25, -0.2) is 0 Å². The number of carbonyl (C=O) groups excluding carboxylic acids is 1. The highest BCUT2D eigenvalue weighted by atomic mass is 32.1. The molecule has 0 unspecified atom stereocenters. The topological polar surface area (TPSA) is 40.5 Å². The molecule has 0 bridgehead atoms. The summed E-state index contributed by atoms with van der Waals surface area (Å²) in [6.07, 6.45) is 1.52. The number of hydrogen-bond donors (Lipinski definition) is 1. The van der Waals surface area contributed by atoms with E-state index >= 15 is 0 Å². The molecule has 1 aliphatic carbocycles. The number of hydrogen-bond acceptors (Lipinski definition) is 3. The second kappa shape index (κ2) is 4.78. The molecule has 0 aromatic carbocycles. The van der Waals surface area contributed by atoms with Gasteiger partial charge >= 0.3 is 0 Å². The molecule has 0 saturated heterocycles. The van der Waals surface area contributed by atoms with Crippen LogP contribution in [0.25, 0.3) is 0 Å². The normalized spacial score (nSPS) is 23.3. The number of thiophene rings is 1. The summed E-state index contributed by atoms with van der Waals surface area (Å²) in [6.45, 7) is 4.77. The Balaban J connectivity index is 1.97. The Morgan fingerprint density at radius 3 is 2.65 bits per heavy atom. The van der Waals surface area contributed by atoms with Gasteiger partial charge in [0.15, 0.2) is 0 Å². The number of aliphatic hydroxyl groups excluding tert-OH is 1. The molecule has 1 aromatic rings. The van der Waals surface area contributed by atoms with Gasteiger partial charge in [0.2, 0.25) is 0 Å². The van der Waals surface area contributed by atoms with E-state index in [-0.39, 0.29) is 12.0 Å². The lowest BCUT2D eigenvalue weighted by Crippen LogP contribution is -2.39. The zero-order chi connectivity index (χ0) is 12.6. The molecule has 0 radical (unpaired) electrons. The molecule has 1 saturated carbocycles. The van der Waals surface area contributed by atoms with Crippen molar-refractivity contribution in [2.24, 2.45) is 5.92 Å². The van der Waals surface area contributed by atoms with Gasteiger partial charge in [-0.15, -0.1) is 11.3 Å². The highest BCUT2D eigenvalue weighted by Gasteiger charge is 2.29. The molecule has 4 heteroatoms. The van der Waals surface area contributed by atoms with Gasteiger partial charge in [-0.05, 0) is 38.7 Å². The quantitative estimate of drug-likeness (QED) is 0.897. The minimum Gasteiger partial charge on any atom is -0.393 e. The average Bonchev–Trinajstić information content (AvgIpc) is 2.54. The molecule has 1 aromatic heterocycles. The zero-order valence-electron chi connectivity index (χ0n) is 10.6. The van der Waals surface area contributed by atoms with Crippen molar-refractivity contribution in [2.75, 3.05) is 13.6 Å². The van der Waals surface area contributed by atoms with Crippen molar-refractivity contribution in [3.05, 3.63) is 21.4 Å². The fraction of sp³-hybridized carbons (Fsp3) is 0.615. The van der Waals surface area contributed by atoms with Crippen LogP contribution in [0.1, 0.15) is 33.0 Å². The SMILES string of the molecule is Cc1cc(C(=O)N(C)CC2CC(O)C2)c(C)s1. The van der Waals surface area contributed by atoms with Crippen LogP contribution in [0.15, 0.2) is 6.07 Å². The standard InChI is InChI=1S/C13H19NO2S/c1-8-4-12(9(2)17-8)13(16)14(3)7-10-5-11(15)6-10/h4,10-11,15H,5-7H2,1-3H3. The Morgan fingerprint density at radius 2 is 2.18 bits per heavy atom. The summed E-state index contributed by atoms with van der Waals surface area (Å²) in [7, 11) is 1.85. The summed E-state index contributed by atoms with van der Waals surface area (Å²) >= 11 is 1.67. The van der Waals surface area contributed by atoms with Crippen molar-refractivity contribution in [1.82, 2.24) is 4.90 Å². The predicted octanol–water partition coefficient (Wildman–Crippen LogP) is 2.21. The van der Waals surface area contributed by atoms with Crippen molar-refractivity contribution >= 4 is 17.2 Å². The third kappa shape index (κ3) is 2.69. The third-order valence-corrected chi connectivity index (χ3v) is 4.33. The van der Waals surface area contributed by atoms with Crippen LogP contribution >= 0.6 is 11.3 Å². The monoisotopic (exact) mass is 253 g/mol. The molecular formula is C13H19NO2S.